The van der Waals surface area contributed by atoms with Crippen LogP contribution < -0.4 is 10.5 Å². The first-order valence-corrected chi connectivity index (χ1v) is 6.63. The van der Waals surface area contributed by atoms with Gasteiger partial charge in [-0.3, -0.25) is 4.98 Å². The zero-order valence-corrected chi connectivity index (χ0v) is 11.3. The molecule has 0 aliphatic heterocycles. The molecular weight excluding hydrogens is 236 g/mol. The van der Waals surface area contributed by atoms with Gasteiger partial charge in [0.1, 0.15) is 5.75 Å². The van der Waals surface area contributed by atoms with Crippen molar-refractivity contribution in [2.24, 2.45) is 5.73 Å². The summed E-state index contributed by atoms with van der Waals surface area (Å²) in [5.41, 5.74) is 8.28. The number of ether oxygens (including phenoxy) is 1. The molecule has 1 atom stereocenters. The van der Waals surface area contributed by atoms with Gasteiger partial charge in [-0.05, 0) is 43.5 Å². The maximum atomic E-state index is 5.92. The Morgan fingerprint density at radius 3 is 2.63 bits per heavy atom. The first-order valence-electron chi connectivity index (χ1n) is 6.63. The Bertz CT molecular complexity index is 497. The number of pyridine rings is 1. The molecule has 0 bridgehead atoms. The third-order valence-corrected chi connectivity index (χ3v) is 3.03. The number of benzene rings is 1. The van der Waals surface area contributed by atoms with Crippen molar-refractivity contribution in [3.8, 4) is 5.75 Å². The fourth-order valence-corrected chi connectivity index (χ4v) is 2.00. The van der Waals surface area contributed by atoms with Crippen LogP contribution in [0.15, 0.2) is 48.8 Å². The SMILES string of the molecule is CC(N)c1ccccc1OCCCc1ccncc1. The average Bonchev–Trinajstić information content (AvgIpc) is 2.45. The highest BCUT2D eigenvalue weighted by molar-refractivity contribution is 5.35. The summed E-state index contributed by atoms with van der Waals surface area (Å²) >= 11 is 0. The molecule has 0 aliphatic carbocycles. The van der Waals surface area contributed by atoms with Crippen molar-refractivity contribution in [2.75, 3.05) is 6.61 Å². The number of nitrogens with two attached hydrogens (primary N) is 1. The standard InChI is InChI=1S/C16H20N2O/c1-13(17)15-6-2-3-7-16(15)19-12-4-5-14-8-10-18-11-9-14/h2-3,6-11,13H,4-5,12,17H2,1H3. The van der Waals surface area contributed by atoms with Crippen molar-refractivity contribution >= 4 is 0 Å². The summed E-state index contributed by atoms with van der Waals surface area (Å²) in [5.74, 6) is 0.896. The molecule has 2 aromatic rings. The lowest BCUT2D eigenvalue weighted by atomic mass is 10.1. The van der Waals surface area contributed by atoms with E-state index < -0.39 is 0 Å². The van der Waals surface area contributed by atoms with Crippen LogP contribution in [-0.4, -0.2) is 11.6 Å². The molecule has 1 aromatic carbocycles. The molecule has 100 valence electrons. The van der Waals surface area contributed by atoms with Crippen LogP contribution in [0, 0.1) is 0 Å². The fourth-order valence-electron chi connectivity index (χ4n) is 2.00. The van der Waals surface area contributed by atoms with E-state index in [2.05, 4.69) is 4.98 Å². The summed E-state index contributed by atoms with van der Waals surface area (Å²) in [6.45, 7) is 2.67. The van der Waals surface area contributed by atoms with Crippen LogP contribution in [0.25, 0.3) is 0 Å². The number of hydrogen-bond donors (Lipinski definition) is 1. The normalized spacial score (nSPS) is 12.1. The van der Waals surface area contributed by atoms with E-state index in [1.807, 2.05) is 55.7 Å². The summed E-state index contributed by atoms with van der Waals surface area (Å²) in [5, 5.41) is 0. The second kappa shape index (κ2) is 6.90. The number of hydrogen-bond acceptors (Lipinski definition) is 3. The molecule has 0 spiro atoms. The average molecular weight is 256 g/mol. The second-order valence-corrected chi connectivity index (χ2v) is 4.63. The van der Waals surface area contributed by atoms with Gasteiger partial charge in [0.25, 0.3) is 0 Å². The molecular formula is C16H20N2O. The Balaban J connectivity index is 1.83. The summed E-state index contributed by atoms with van der Waals surface area (Å²) in [7, 11) is 0. The largest absolute Gasteiger partial charge is 0.493 e. The molecule has 0 saturated heterocycles. The van der Waals surface area contributed by atoms with Crippen LogP contribution in [0.1, 0.15) is 30.5 Å². The monoisotopic (exact) mass is 256 g/mol. The number of nitrogens with zero attached hydrogens (tertiary/aromatic N) is 1. The highest BCUT2D eigenvalue weighted by Gasteiger charge is 2.06. The first kappa shape index (κ1) is 13.6. The molecule has 3 heteroatoms. The number of aromatic nitrogens is 1. The second-order valence-electron chi connectivity index (χ2n) is 4.63. The van der Waals surface area contributed by atoms with E-state index in [9.17, 15) is 0 Å². The highest BCUT2D eigenvalue weighted by atomic mass is 16.5. The quantitative estimate of drug-likeness (QED) is 0.808. The molecule has 1 unspecified atom stereocenters. The van der Waals surface area contributed by atoms with Gasteiger partial charge >= 0.3 is 0 Å². The Hall–Kier alpha value is -1.87. The Morgan fingerprint density at radius 2 is 1.89 bits per heavy atom. The van der Waals surface area contributed by atoms with Gasteiger partial charge in [0.2, 0.25) is 0 Å². The Labute approximate surface area is 114 Å². The van der Waals surface area contributed by atoms with Gasteiger partial charge in [-0.15, -0.1) is 0 Å². The number of aryl methyl sites for hydroxylation is 1. The van der Waals surface area contributed by atoms with Gasteiger partial charge in [0.05, 0.1) is 6.61 Å². The van der Waals surface area contributed by atoms with Crippen molar-refractivity contribution in [1.82, 2.24) is 4.98 Å². The van der Waals surface area contributed by atoms with Crippen molar-refractivity contribution in [2.45, 2.75) is 25.8 Å². The molecule has 1 heterocycles. The lowest BCUT2D eigenvalue weighted by molar-refractivity contribution is 0.306. The maximum absolute atomic E-state index is 5.92. The topological polar surface area (TPSA) is 48.1 Å². The summed E-state index contributed by atoms with van der Waals surface area (Å²) in [4.78, 5) is 4.01. The smallest absolute Gasteiger partial charge is 0.124 e. The van der Waals surface area contributed by atoms with Gasteiger partial charge in [-0.1, -0.05) is 18.2 Å². The predicted molar refractivity (Wildman–Crippen MR) is 77.1 cm³/mol. The van der Waals surface area contributed by atoms with E-state index in [1.165, 1.54) is 5.56 Å². The van der Waals surface area contributed by atoms with Crippen molar-refractivity contribution in [1.29, 1.82) is 0 Å². The van der Waals surface area contributed by atoms with E-state index in [1.54, 1.807) is 0 Å². The van der Waals surface area contributed by atoms with E-state index in [0.29, 0.717) is 6.61 Å². The first-order chi connectivity index (χ1) is 9.27. The molecule has 3 nitrogen and oxygen atoms in total. The Kier molecular flexibility index (Phi) is 4.93. The Morgan fingerprint density at radius 1 is 1.16 bits per heavy atom. The van der Waals surface area contributed by atoms with Gasteiger partial charge in [0.15, 0.2) is 0 Å². The van der Waals surface area contributed by atoms with Crippen LogP contribution in [0.4, 0.5) is 0 Å². The summed E-state index contributed by atoms with van der Waals surface area (Å²) < 4.78 is 5.82. The van der Waals surface area contributed by atoms with Crippen LogP contribution in [0.3, 0.4) is 0 Å². The van der Waals surface area contributed by atoms with E-state index in [0.717, 1.165) is 24.2 Å². The third-order valence-electron chi connectivity index (χ3n) is 3.03. The zero-order chi connectivity index (χ0) is 13.5. The molecule has 0 amide bonds. The van der Waals surface area contributed by atoms with Gasteiger partial charge in [-0.25, -0.2) is 0 Å². The van der Waals surface area contributed by atoms with E-state index >= 15 is 0 Å². The molecule has 0 aliphatic rings. The van der Waals surface area contributed by atoms with E-state index in [4.69, 9.17) is 10.5 Å². The van der Waals surface area contributed by atoms with Crippen LogP contribution in [-0.2, 0) is 6.42 Å². The van der Waals surface area contributed by atoms with Gasteiger partial charge in [-0.2, -0.15) is 0 Å². The molecule has 0 saturated carbocycles. The lowest BCUT2D eigenvalue weighted by Crippen LogP contribution is -2.08. The van der Waals surface area contributed by atoms with E-state index in [-0.39, 0.29) is 6.04 Å². The number of para-hydroxylation sites is 1. The van der Waals surface area contributed by atoms with Crippen molar-refractivity contribution < 1.29 is 4.74 Å². The minimum absolute atomic E-state index is 0.00334. The lowest BCUT2D eigenvalue weighted by Gasteiger charge is -2.13. The van der Waals surface area contributed by atoms with Crippen molar-refractivity contribution in [3.63, 3.8) is 0 Å². The van der Waals surface area contributed by atoms with Gasteiger partial charge < -0.3 is 10.5 Å². The summed E-state index contributed by atoms with van der Waals surface area (Å²) in [6, 6.07) is 12.0. The minimum Gasteiger partial charge on any atom is -0.493 e. The maximum Gasteiger partial charge on any atom is 0.124 e. The molecule has 0 radical (unpaired) electrons. The molecule has 0 fully saturated rings. The zero-order valence-electron chi connectivity index (χ0n) is 11.3. The third kappa shape index (κ3) is 4.07. The fraction of sp³-hybridized carbons (Fsp3) is 0.312. The van der Waals surface area contributed by atoms with Crippen LogP contribution >= 0.6 is 0 Å². The molecule has 2 rings (SSSR count). The number of rotatable bonds is 6. The predicted octanol–water partition coefficient (Wildman–Crippen LogP) is 3.11. The highest BCUT2D eigenvalue weighted by Crippen LogP contribution is 2.23. The minimum atomic E-state index is -0.00334. The molecule has 2 N–H and O–H groups in total. The molecule has 1 aromatic heterocycles. The van der Waals surface area contributed by atoms with Crippen LogP contribution in [0.2, 0.25) is 0 Å². The van der Waals surface area contributed by atoms with Gasteiger partial charge in [0, 0.05) is 24.0 Å². The van der Waals surface area contributed by atoms with Crippen molar-refractivity contribution in [3.05, 3.63) is 59.9 Å². The molecule has 19 heavy (non-hydrogen) atoms. The van der Waals surface area contributed by atoms with Crippen LogP contribution in [0.5, 0.6) is 5.75 Å². The summed E-state index contributed by atoms with van der Waals surface area (Å²) in [6.07, 6.45) is 5.63.